The van der Waals surface area contributed by atoms with Crippen molar-refractivity contribution in [3.63, 3.8) is 0 Å². The highest BCUT2D eigenvalue weighted by Crippen LogP contribution is 2.25. The van der Waals surface area contributed by atoms with Crippen LogP contribution in [0.15, 0.2) is 18.2 Å². The quantitative estimate of drug-likeness (QED) is 0.765. The van der Waals surface area contributed by atoms with Crippen LogP contribution in [0.4, 0.5) is 5.69 Å². The van der Waals surface area contributed by atoms with E-state index in [0.29, 0.717) is 23.8 Å². The maximum absolute atomic E-state index is 11.0. The zero-order chi connectivity index (χ0) is 11.5. The lowest BCUT2D eigenvalue weighted by Gasteiger charge is -2.29. The van der Waals surface area contributed by atoms with Gasteiger partial charge in [0.1, 0.15) is 0 Å². The summed E-state index contributed by atoms with van der Waals surface area (Å²) in [5.41, 5.74) is 1.34. The fraction of sp³-hybridized carbons (Fsp3) is 0.364. The molecule has 1 fully saturated rings. The summed E-state index contributed by atoms with van der Waals surface area (Å²) in [5.74, 6) is 0. The molecule has 1 aliphatic heterocycles. The van der Waals surface area contributed by atoms with Gasteiger partial charge in [-0.2, -0.15) is 0 Å². The van der Waals surface area contributed by atoms with Crippen molar-refractivity contribution in [1.82, 2.24) is 0 Å². The summed E-state index contributed by atoms with van der Waals surface area (Å²) < 4.78 is 5.26. The van der Waals surface area contributed by atoms with Crippen LogP contribution < -0.4 is 4.90 Å². The molecule has 0 spiro atoms. The van der Waals surface area contributed by atoms with Gasteiger partial charge in [0.15, 0.2) is 0 Å². The van der Waals surface area contributed by atoms with Gasteiger partial charge in [-0.05, 0) is 29.8 Å². The fourth-order valence-corrected chi connectivity index (χ4v) is 2.16. The molecule has 1 heterocycles. The normalized spacial score (nSPS) is 16.2. The van der Waals surface area contributed by atoms with Gasteiger partial charge in [0.25, 0.3) is 5.24 Å². The molecule has 0 aromatic heterocycles. The number of carbonyl (C=O) groups is 1. The molecule has 16 heavy (non-hydrogen) atoms. The van der Waals surface area contributed by atoms with Crippen molar-refractivity contribution in [2.24, 2.45) is 0 Å². The zero-order valence-corrected chi connectivity index (χ0v) is 10.1. The molecule has 0 amide bonds. The molecule has 1 aromatic rings. The fourth-order valence-electron chi connectivity index (χ4n) is 1.68. The lowest BCUT2D eigenvalue weighted by molar-refractivity contribution is 0.108. The molecule has 1 aliphatic rings. The van der Waals surface area contributed by atoms with Crippen molar-refractivity contribution in [3.8, 4) is 0 Å². The third-order valence-electron chi connectivity index (χ3n) is 2.54. The first-order chi connectivity index (χ1) is 7.68. The van der Waals surface area contributed by atoms with E-state index in [1.165, 1.54) is 0 Å². The van der Waals surface area contributed by atoms with Crippen molar-refractivity contribution in [1.29, 1.82) is 0 Å². The third-order valence-corrected chi connectivity index (χ3v) is 3.06. The van der Waals surface area contributed by atoms with Crippen LogP contribution >= 0.6 is 23.2 Å². The summed E-state index contributed by atoms with van der Waals surface area (Å²) in [6.45, 7) is 3.11. The minimum absolute atomic E-state index is 0.348. The summed E-state index contributed by atoms with van der Waals surface area (Å²) in [7, 11) is 0. The minimum atomic E-state index is -0.529. The molecule has 0 aliphatic carbocycles. The lowest BCUT2D eigenvalue weighted by atomic mass is 10.2. The summed E-state index contributed by atoms with van der Waals surface area (Å²) in [6, 6.07) is 5.28. The Bertz CT molecular complexity index is 403. The number of hydrogen-bond acceptors (Lipinski definition) is 3. The van der Waals surface area contributed by atoms with Crippen LogP contribution in [0.3, 0.4) is 0 Å². The van der Waals surface area contributed by atoms with Crippen molar-refractivity contribution >= 4 is 34.1 Å². The molecule has 3 nitrogen and oxygen atoms in total. The number of nitrogens with zero attached hydrogens (tertiary/aromatic N) is 1. The van der Waals surface area contributed by atoms with Crippen LogP contribution in [-0.2, 0) is 4.74 Å². The van der Waals surface area contributed by atoms with E-state index in [0.717, 1.165) is 18.8 Å². The standard InChI is InChI=1S/C11H11Cl2NO2/c12-10-7-8(1-2-9(10)11(13)15)14-3-5-16-6-4-14/h1-2,7H,3-6H2. The first kappa shape index (κ1) is 11.7. The van der Waals surface area contributed by atoms with E-state index in [2.05, 4.69) is 4.90 Å². The Hall–Kier alpha value is -0.770. The number of carbonyl (C=O) groups excluding carboxylic acids is 1. The molecule has 1 aromatic carbocycles. The van der Waals surface area contributed by atoms with Crippen molar-refractivity contribution in [3.05, 3.63) is 28.8 Å². The van der Waals surface area contributed by atoms with Crippen LogP contribution in [0.5, 0.6) is 0 Å². The number of rotatable bonds is 2. The Balaban J connectivity index is 2.23. The molecule has 86 valence electrons. The molecule has 0 atom stereocenters. The van der Waals surface area contributed by atoms with Crippen molar-refractivity contribution in [2.45, 2.75) is 0 Å². The van der Waals surface area contributed by atoms with Gasteiger partial charge in [0.2, 0.25) is 0 Å². The highest BCUT2D eigenvalue weighted by molar-refractivity contribution is 6.68. The van der Waals surface area contributed by atoms with Gasteiger partial charge in [0.05, 0.1) is 23.8 Å². The maximum atomic E-state index is 11.0. The number of ether oxygens (including phenoxy) is 1. The number of hydrogen-bond donors (Lipinski definition) is 0. The highest BCUT2D eigenvalue weighted by atomic mass is 35.5. The van der Waals surface area contributed by atoms with Gasteiger partial charge in [-0.15, -0.1) is 0 Å². The first-order valence-corrected chi connectivity index (χ1v) is 5.76. The molecular weight excluding hydrogens is 249 g/mol. The van der Waals surface area contributed by atoms with Gasteiger partial charge in [-0.25, -0.2) is 0 Å². The molecule has 0 bridgehead atoms. The van der Waals surface area contributed by atoms with E-state index >= 15 is 0 Å². The number of morpholine rings is 1. The third kappa shape index (κ3) is 2.48. The number of halogens is 2. The highest BCUT2D eigenvalue weighted by Gasteiger charge is 2.14. The van der Waals surface area contributed by atoms with Crippen molar-refractivity contribution < 1.29 is 9.53 Å². The Kier molecular flexibility index (Phi) is 3.69. The second-order valence-electron chi connectivity index (χ2n) is 3.54. The van der Waals surface area contributed by atoms with Crippen molar-refractivity contribution in [2.75, 3.05) is 31.2 Å². The molecule has 5 heteroatoms. The molecule has 1 saturated heterocycles. The lowest BCUT2D eigenvalue weighted by Crippen LogP contribution is -2.36. The molecule has 0 unspecified atom stereocenters. The van der Waals surface area contributed by atoms with Crippen LogP contribution in [0.2, 0.25) is 5.02 Å². The van der Waals surface area contributed by atoms with E-state index in [-0.39, 0.29) is 0 Å². The monoisotopic (exact) mass is 259 g/mol. The Morgan fingerprint density at radius 3 is 2.56 bits per heavy atom. The molecular formula is C11H11Cl2NO2. The Morgan fingerprint density at radius 1 is 1.31 bits per heavy atom. The Morgan fingerprint density at radius 2 is 2.00 bits per heavy atom. The van der Waals surface area contributed by atoms with Crippen LogP contribution in [-0.4, -0.2) is 31.5 Å². The first-order valence-electron chi connectivity index (χ1n) is 5.00. The average Bonchev–Trinajstić information content (AvgIpc) is 2.29. The van der Waals surface area contributed by atoms with Gasteiger partial charge in [-0.3, -0.25) is 4.79 Å². The predicted molar refractivity (Wildman–Crippen MR) is 64.7 cm³/mol. The second-order valence-corrected chi connectivity index (χ2v) is 4.29. The van der Waals surface area contributed by atoms with Crippen LogP contribution in [0, 0.1) is 0 Å². The summed E-state index contributed by atoms with van der Waals surface area (Å²) >= 11 is 11.4. The topological polar surface area (TPSA) is 29.5 Å². The smallest absolute Gasteiger partial charge is 0.253 e. The molecule has 2 rings (SSSR count). The average molecular weight is 260 g/mol. The van der Waals surface area contributed by atoms with E-state index in [1.54, 1.807) is 12.1 Å². The van der Waals surface area contributed by atoms with E-state index < -0.39 is 5.24 Å². The van der Waals surface area contributed by atoms with E-state index in [9.17, 15) is 4.79 Å². The summed E-state index contributed by atoms with van der Waals surface area (Å²) in [6.07, 6.45) is 0. The van der Waals surface area contributed by atoms with Crippen LogP contribution in [0.25, 0.3) is 0 Å². The van der Waals surface area contributed by atoms with Gasteiger partial charge < -0.3 is 9.64 Å². The van der Waals surface area contributed by atoms with E-state index in [1.807, 2.05) is 6.07 Å². The zero-order valence-electron chi connectivity index (χ0n) is 8.58. The summed E-state index contributed by atoms with van der Waals surface area (Å²) in [4.78, 5) is 13.2. The largest absolute Gasteiger partial charge is 0.378 e. The summed E-state index contributed by atoms with van der Waals surface area (Å²) in [5, 5.41) is -0.137. The molecule has 0 N–H and O–H groups in total. The number of benzene rings is 1. The van der Waals surface area contributed by atoms with E-state index in [4.69, 9.17) is 27.9 Å². The van der Waals surface area contributed by atoms with Gasteiger partial charge in [-0.1, -0.05) is 11.6 Å². The second kappa shape index (κ2) is 5.04. The number of anilines is 1. The molecule has 0 radical (unpaired) electrons. The Labute approximate surface area is 104 Å². The van der Waals surface area contributed by atoms with Gasteiger partial charge >= 0.3 is 0 Å². The van der Waals surface area contributed by atoms with Gasteiger partial charge in [0, 0.05) is 18.8 Å². The molecule has 0 saturated carbocycles. The minimum Gasteiger partial charge on any atom is -0.378 e. The van der Waals surface area contributed by atoms with Crippen LogP contribution in [0.1, 0.15) is 10.4 Å². The predicted octanol–water partition coefficient (Wildman–Crippen LogP) is 2.56. The SMILES string of the molecule is O=C(Cl)c1ccc(N2CCOCC2)cc1Cl. The maximum Gasteiger partial charge on any atom is 0.253 e.